The molecular weight excluding hydrogens is 330 g/mol. The molecule has 1 amide bonds. The first-order valence-corrected chi connectivity index (χ1v) is 8.55. The Kier molecular flexibility index (Phi) is 5.01. The number of aromatic nitrogens is 1. The van der Waals surface area contributed by atoms with E-state index in [9.17, 15) is 4.79 Å². The van der Waals surface area contributed by atoms with Gasteiger partial charge in [-0.2, -0.15) is 0 Å². The van der Waals surface area contributed by atoms with Gasteiger partial charge in [0.2, 0.25) is 0 Å². The quantitative estimate of drug-likeness (QED) is 0.870. The maximum atomic E-state index is 12.7. The number of nitrogens with zero attached hydrogens (tertiary/aromatic N) is 2. The Balaban J connectivity index is 2.33. The normalized spacial score (nSPS) is 11.4. The van der Waals surface area contributed by atoms with Gasteiger partial charge in [-0.05, 0) is 25.1 Å². The molecule has 0 aliphatic heterocycles. The SMILES string of the molecule is Cc1nc(C(C)(C)C)sc1C(=O)Nc1cc(Cl)ccc1N(C)C. The summed E-state index contributed by atoms with van der Waals surface area (Å²) in [6.45, 7) is 8.14. The third kappa shape index (κ3) is 4.03. The van der Waals surface area contributed by atoms with Gasteiger partial charge in [0, 0.05) is 24.5 Å². The molecule has 23 heavy (non-hydrogen) atoms. The van der Waals surface area contributed by atoms with Gasteiger partial charge in [0.05, 0.1) is 22.1 Å². The van der Waals surface area contributed by atoms with Crippen molar-refractivity contribution in [3.63, 3.8) is 0 Å². The number of hydrogen-bond donors (Lipinski definition) is 1. The fraction of sp³-hybridized carbons (Fsp3) is 0.412. The number of nitrogens with one attached hydrogen (secondary N) is 1. The number of thiazole rings is 1. The van der Waals surface area contributed by atoms with Gasteiger partial charge in [0.15, 0.2) is 0 Å². The molecule has 0 aliphatic carbocycles. The van der Waals surface area contributed by atoms with Crippen LogP contribution in [-0.4, -0.2) is 25.0 Å². The van der Waals surface area contributed by atoms with Gasteiger partial charge in [-0.1, -0.05) is 32.4 Å². The predicted octanol–water partition coefficient (Wildman–Crippen LogP) is 4.72. The summed E-state index contributed by atoms with van der Waals surface area (Å²) in [6.07, 6.45) is 0. The molecule has 2 aromatic rings. The Morgan fingerprint density at radius 3 is 2.48 bits per heavy atom. The van der Waals surface area contributed by atoms with Crippen LogP contribution in [0.2, 0.25) is 5.02 Å². The van der Waals surface area contributed by atoms with Gasteiger partial charge >= 0.3 is 0 Å². The van der Waals surface area contributed by atoms with Gasteiger partial charge in [-0.15, -0.1) is 11.3 Å². The van der Waals surface area contributed by atoms with E-state index in [1.807, 2.05) is 38.1 Å². The van der Waals surface area contributed by atoms with Crippen molar-refractivity contribution < 1.29 is 4.79 Å². The van der Waals surface area contributed by atoms with E-state index in [1.165, 1.54) is 11.3 Å². The second-order valence-corrected chi connectivity index (χ2v) is 8.13. The molecule has 0 bridgehead atoms. The van der Waals surface area contributed by atoms with Crippen molar-refractivity contribution in [1.29, 1.82) is 0 Å². The maximum absolute atomic E-state index is 12.7. The van der Waals surface area contributed by atoms with E-state index >= 15 is 0 Å². The Morgan fingerprint density at radius 2 is 1.96 bits per heavy atom. The average molecular weight is 352 g/mol. The highest BCUT2D eigenvalue weighted by atomic mass is 35.5. The molecule has 0 saturated carbocycles. The summed E-state index contributed by atoms with van der Waals surface area (Å²) in [6, 6.07) is 5.45. The molecule has 1 aromatic heterocycles. The summed E-state index contributed by atoms with van der Waals surface area (Å²) in [4.78, 5) is 19.8. The lowest BCUT2D eigenvalue weighted by molar-refractivity contribution is 0.103. The fourth-order valence-electron chi connectivity index (χ4n) is 2.11. The lowest BCUT2D eigenvalue weighted by Crippen LogP contribution is -2.16. The Hall–Kier alpha value is -1.59. The number of hydrogen-bond acceptors (Lipinski definition) is 4. The van der Waals surface area contributed by atoms with Crippen LogP contribution in [0, 0.1) is 6.92 Å². The Morgan fingerprint density at radius 1 is 1.30 bits per heavy atom. The van der Waals surface area contributed by atoms with Gasteiger partial charge < -0.3 is 10.2 Å². The summed E-state index contributed by atoms with van der Waals surface area (Å²) >= 11 is 7.51. The minimum Gasteiger partial charge on any atom is -0.376 e. The van der Waals surface area contributed by atoms with E-state index in [2.05, 4.69) is 31.1 Å². The Labute approximate surface area is 146 Å². The van der Waals surface area contributed by atoms with Crippen LogP contribution in [0.3, 0.4) is 0 Å². The first kappa shape index (κ1) is 17.8. The second kappa shape index (κ2) is 6.49. The van der Waals surface area contributed by atoms with E-state index in [1.54, 1.807) is 6.07 Å². The van der Waals surface area contributed by atoms with Gasteiger partial charge in [0.1, 0.15) is 4.88 Å². The van der Waals surface area contributed by atoms with Crippen molar-refractivity contribution in [2.24, 2.45) is 0 Å². The average Bonchev–Trinajstić information content (AvgIpc) is 2.80. The molecule has 0 atom stereocenters. The number of aryl methyl sites for hydroxylation is 1. The van der Waals surface area contributed by atoms with E-state index in [-0.39, 0.29) is 11.3 Å². The molecule has 0 aliphatic rings. The highest BCUT2D eigenvalue weighted by Crippen LogP contribution is 2.32. The van der Waals surface area contributed by atoms with Crippen molar-refractivity contribution >= 4 is 40.2 Å². The van der Waals surface area contributed by atoms with Crippen LogP contribution in [0.4, 0.5) is 11.4 Å². The molecule has 1 heterocycles. The predicted molar refractivity (Wildman–Crippen MR) is 99.3 cm³/mol. The third-order valence-corrected chi connectivity index (χ3v) is 5.15. The van der Waals surface area contributed by atoms with Crippen molar-refractivity contribution in [3.8, 4) is 0 Å². The van der Waals surface area contributed by atoms with Crippen LogP contribution < -0.4 is 10.2 Å². The molecule has 6 heteroatoms. The molecule has 0 saturated heterocycles. The molecule has 0 spiro atoms. The number of rotatable bonds is 3. The molecule has 0 radical (unpaired) electrons. The van der Waals surface area contributed by atoms with E-state index in [0.717, 1.165) is 16.4 Å². The standard InChI is InChI=1S/C17H22ClN3OS/c1-10-14(23-16(19-10)17(2,3)4)15(22)20-12-9-11(18)7-8-13(12)21(5)6/h7-9H,1-6H3,(H,20,22). The minimum atomic E-state index is -0.152. The first-order valence-electron chi connectivity index (χ1n) is 7.35. The summed E-state index contributed by atoms with van der Waals surface area (Å²) in [5.74, 6) is -0.152. The highest BCUT2D eigenvalue weighted by Gasteiger charge is 2.23. The van der Waals surface area contributed by atoms with Crippen LogP contribution in [0.25, 0.3) is 0 Å². The van der Waals surface area contributed by atoms with Crippen LogP contribution in [-0.2, 0) is 5.41 Å². The van der Waals surface area contributed by atoms with Crippen molar-refractivity contribution in [2.45, 2.75) is 33.1 Å². The third-order valence-electron chi connectivity index (χ3n) is 3.33. The molecule has 124 valence electrons. The van der Waals surface area contributed by atoms with Gasteiger partial charge in [0.25, 0.3) is 5.91 Å². The summed E-state index contributed by atoms with van der Waals surface area (Å²) in [7, 11) is 3.85. The van der Waals surface area contributed by atoms with Crippen LogP contribution >= 0.6 is 22.9 Å². The number of benzene rings is 1. The number of carbonyl (C=O) groups excluding carboxylic acids is 1. The Bertz CT molecular complexity index is 732. The molecule has 1 N–H and O–H groups in total. The minimum absolute atomic E-state index is 0.0706. The van der Waals surface area contributed by atoms with Crippen molar-refractivity contribution in [1.82, 2.24) is 4.98 Å². The summed E-state index contributed by atoms with van der Waals surface area (Å²) in [5, 5.41) is 4.50. The zero-order valence-electron chi connectivity index (χ0n) is 14.3. The van der Waals surface area contributed by atoms with Crippen molar-refractivity contribution in [2.75, 3.05) is 24.3 Å². The van der Waals surface area contributed by atoms with Crippen LogP contribution in [0.5, 0.6) is 0 Å². The van der Waals surface area contributed by atoms with E-state index in [0.29, 0.717) is 15.6 Å². The largest absolute Gasteiger partial charge is 0.376 e. The molecule has 1 aromatic carbocycles. The topological polar surface area (TPSA) is 45.2 Å². The molecular formula is C17H22ClN3OS. The van der Waals surface area contributed by atoms with Crippen LogP contribution in [0.15, 0.2) is 18.2 Å². The molecule has 0 fully saturated rings. The maximum Gasteiger partial charge on any atom is 0.267 e. The number of carbonyl (C=O) groups is 1. The summed E-state index contributed by atoms with van der Waals surface area (Å²) in [5.41, 5.74) is 2.28. The fourth-order valence-corrected chi connectivity index (χ4v) is 3.30. The first-order chi connectivity index (χ1) is 10.6. The zero-order valence-corrected chi connectivity index (χ0v) is 15.9. The lowest BCUT2D eigenvalue weighted by atomic mass is 9.98. The van der Waals surface area contributed by atoms with E-state index < -0.39 is 0 Å². The second-order valence-electron chi connectivity index (χ2n) is 6.69. The van der Waals surface area contributed by atoms with Gasteiger partial charge in [-0.3, -0.25) is 4.79 Å². The molecule has 2 rings (SSSR count). The number of anilines is 2. The van der Waals surface area contributed by atoms with E-state index in [4.69, 9.17) is 11.6 Å². The summed E-state index contributed by atoms with van der Waals surface area (Å²) < 4.78 is 0. The van der Waals surface area contributed by atoms with Gasteiger partial charge in [-0.25, -0.2) is 4.98 Å². The smallest absolute Gasteiger partial charge is 0.267 e. The molecule has 4 nitrogen and oxygen atoms in total. The lowest BCUT2D eigenvalue weighted by Gasteiger charge is -2.18. The number of amides is 1. The van der Waals surface area contributed by atoms with Crippen LogP contribution in [0.1, 0.15) is 41.1 Å². The number of halogens is 1. The van der Waals surface area contributed by atoms with Crippen molar-refractivity contribution in [3.05, 3.63) is 38.8 Å². The monoisotopic (exact) mass is 351 g/mol. The zero-order chi connectivity index (χ0) is 17.4. The molecule has 0 unspecified atom stereocenters. The highest BCUT2D eigenvalue weighted by molar-refractivity contribution is 7.14.